The molecule has 35 heavy (non-hydrogen) atoms. The predicted molar refractivity (Wildman–Crippen MR) is 158 cm³/mol. The van der Waals surface area contributed by atoms with Crippen molar-refractivity contribution in [2.45, 2.75) is 161 Å². The first-order valence-electron chi connectivity index (χ1n) is 15.1. The Balaban J connectivity index is 2.15. The first kappa shape index (κ1) is 32.4. The van der Waals surface area contributed by atoms with E-state index in [1.165, 1.54) is 108 Å². The summed E-state index contributed by atoms with van der Waals surface area (Å²) in [5.74, 6) is 0. The van der Waals surface area contributed by atoms with Crippen molar-refractivity contribution in [1.82, 2.24) is 0 Å². The van der Waals surface area contributed by atoms with Crippen LogP contribution in [0.1, 0.15) is 136 Å². The summed E-state index contributed by atoms with van der Waals surface area (Å²) in [6.07, 6.45) is 22.0. The molecule has 0 fully saturated rings. The SMILES string of the molecule is CCCCCCCCCC(CCCCCCCCCOCc1ccccc1)O[Si](C)(C)C(C)(C)C. The summed E-state index contributed by atoms with van der Waals surface area (Å²) < 4.78 is 12.7. The van der Waals surface area contributed by atoms with Gasteiger partial charge < -0.3 is 9.16 Å². The summed E-state index contributed by atoms with van der Waals surface area (Å²) in [4.78, 5) is 0. The maximum atomic E-state index is 6.89. The summed E-state index contributed by atoms with van der Waals surface area (Å²) in [7, 11) is -1.69. The molecular weight excluding hydrogens is 444 g/mol. The number of rotatable bonds is 22. The molecule has 0 bridgehead atoms. The molecule has 1 rings (SSSR count). The standard InChI is InChI=1S/C32H60O2Si/c1-7-8-9-10-12-15-21-26-31(34-35(5,6)32(2,3)4)27-22-16-13-11-14-17-23-28-33-29-30-24-19-18-20-25-30/h18-20,24-25,31H,7-17,21-23,26-29H2,1-6H3. The van der Waals surface area contributed by atoms with Crippen LogP contribution in [-0.4, -0.2) is 21.0 Å². The van der Waals surface area contributed by atoms with Gasteiger partial charge in [-0.2, -0.15) is 0 Å². The van der Waals surface area contributed by atoms with Gasteiger partial charge in [-0.25, -0.2) is 0 Å². The van der Waals surface area contributed by atoms with E-state index in [2.05, 4.69) is 71.1 Å². The Morgan fingerprint density at radius 1 is 0.686 bits per heavy atom. The number of hydrogen-bond donors (Lipinski definition) is 0. The van der Waals surface area contributed by atoms with Gasteiger partial charge in [-0.1, -0.05) is 141 Å². The fraction of sp³-hybridized carbons (Fsp3) is 0.812. The van der Waals surface area contributed by atoms with E-state index in [-0.39, 0.29) is 0 Å². The molecule has 0 aromatic heterocycles. The zero-order valence-electron chi connectivity index (χ0n) is 24.5. The fourth-order valence-corrected chi connectivity index (χ4v) is 5.83. The minimum atomic E-state index is -1.69. The van der Waals surface area contributed by atoms with E-state index in [4.69, 9.17) is 9.16 Å². The van der Waals surface area contributed by atoms with Gasteiger partial charge in [0.05, 0.1) is 6.61 Å². The molecule has 0 spiro atoms. The van der Waals surface area contributed by atoms with Gasteiger partial charge in [0.25, 0.3) is 0 Å². The van der Waals surface area contributed by atoms with Crippen molar-refractivity contribution in [2.24, 2.45) is 0 Å². The second-order valence-electron chi connectivity index (χ2n) is 12.2. The molecule has 204 valence electrons. The van der Waals surface area contributed by atoms with E-state index in [9.17, 15) is 0 Å². The zero-order chi connectivity index (χ0) is 25.8. The lowest BCUT2D eigenvalue weighted by Crippen LogP contribution is -2.44. The molecule has 0 saturated carbocycles. The van der Waals surface area contributed by atoms with Gasteiger partial charge in [-0.05, 0) is 43.0 Å². The summed E-state index contributed by atoms with van der Waals surface area (Å²) >= 11 is 0. The molecule has 3 heteroatoms. The Hall–Kier alpha value is -0.643. The summed E-state index contributed by atoms with van der Waals surface area (Å²) in [6, 6.07) is 10.5. The van der Waals surface area contributed by atoms with Gasteiger partial charge in [0.2, 0.25) is 0 Å². The van der Waals surface area contributed by atoms with Gasteiger partial charge in [0.1, 0.15) is 0 Å². The number of unbranched alkanes of at least 4 members (excludes halogenated alkanes) is 12. The molecule has 0 heterocycles. The van der Waals surface area contributed by atoms with E-state index < -0.39 is 8.32 Å². The fourth-order valence-electron chi connectivity index (χ4n) is 4.41. The predicted octanol–water partition coefficient (Wildman–Crippen LogP) is 10.9. The third-order valence-corrected chi connectivity index (χ3v) is 12.4. The Bertz CT molecular complexity index is 593. The average molecular weight is 505 g/mol. The number of benzene rings is 1. The van der Waals surface area contributed by atoms with Crippen LogP contribution < -0.4 is 0 Å². The Morgan fingerprint density at radius 3 is 1.69 bits per heavy atom. The van der Waals surface area contributed by atoms with Gasteiger partial charge in [0.15, 0.2) is 8.32 Å². The molecule has 0 aliphatic rings. The van der Waals surface area contributed by atoms with Crippen molar-refractivity contribution in [2.75, 3.05) is 6.61 Å². The highest BCUT2D eigenvalue weighted by molar-refractivity contribution is 6.74. The molecule has 0 aliphatic carbocycles. The Kier molecular flexibility index (Phi) is 18.0. The molecule has 1 unspecified atom stereocenters. The highest BCUT2D eigenvalue weighted by Gasteiger charge is 2.38. The van der Waals surface area contributed by atoms with E-state index in [0.29, 0.717) is 11.1 Å². The van der Waals surface area contributed by atoms with Crippen molar-refractivity contribution in [3.05, 3.63) is 35.9 Å². The van der Waals surface area contributed by atoms with Crippen molar-refractivity contribution in [1.29, 1.82) is 0 Å². The minimum Gasteiger partial charge on any atom is -0.414 e. The highest BCUT2D eigenvalue weighted by atomic mass is 28.4. The molecule has 0 aliphatic heterocycles. The molecule has 2 nitrogen and oxygen atoms in total. The second kappa shape index (κ2) is 19.5. The van der Waals surface area contributed by atoms with Gasteiger partial charge in [0, 0.05) is 12.7 Å². The number of ether oxygens (including phenoxy) is 1. The van der Waals surface area contributed by atoms with Gasteiger partial charge >= 0.3 is 0 Å². The van der Waals surface area contributed by atoms with Crippen molar-refractivity contribution < 1.29 is 9.16 Å². The van der Waals surface area contributed by atoms with E-state index in [1.807, 2.05) is 0 Å². The minimum absolute atomic E-state index is 0.302. The highest BCUT2D eigenvalue weighted by Crippen LogP contribution is 2.38. The lowest BCUT2D eigenvalue weighted by molar-refractivity contribution is 0.116. The van der Waals surface area contributed by atoms with Crippen LogP contribution in [0.5, 0.6) is 0 Å². The first-order chi connectivity index (χ1) is 16.8. The zero-order valence-corrected chi connectivity index (χ0v) is 25.5. The normalized spacial score (nSPS) is 13.3. The van der Waals surface area contributed by atoms with Crippen LogP contribution in [0.2, 0.25) is 18.1 Å². The van der Waals surface area contributed by atoms with Crippen LogP contribution in [0.15, 0.2) is 30.3 Å². The molecule has 0 saturated heterocycles. The van der Waals surface area contributed by atoms with Crippen molar-refractivity contribution >= 4 is 8.32 Å². The lowest BCUT2D eigenvalue weighted by Gasteiger charge is -2.39. The van der Waals surface area contributed by atoms with Crippen LogP contribution in [0, 0.1) is 0 Å². The molecule has 1 aromatic carbocycles. The molecule has 1 aromatic rings. The lowest BCUT2D eigenvalue weighted by atomic mass is 10.0. The largest absolute Gasteiger partial charge is 0.414 e. The quantitative estimate of drug-likeness (QED) is 0.115. The summed E-state index contributed by atoms with van der Waals surface area (Å²) in [5.41, 5.74) is 1.27. The van der Waals surface area contributed by atoms with E-state index >= 15 is 0 Å². The van der Waals surface area contributed by atoms with Crippen LogP contribution in [-0.2, 0) is 15.8 Å². The third-order valence-electron chi connectivity index (χ3n) is 7.82. The van der Waals surface area contributed by atoms with Gasteiger partial charge in [-0.15, -0.1) is 0 Å². The average Bonchev–Trinajstić information content (AvgIpc) is 2.81. The molecule has 1 atom stereocenters. The van der Waals surface area contributed by atoms with Crippen LogP contribution in [0.3, 0.4) is 0 Å². The van der Waals surface area contributed by atoms with Crippen LogP contribution in [0.4, 0.5) is 0 Å². The van der Waals surface area contributed by atoms with Gasteiger partial charge in [-0.3, -0.25) is 0 Å². The van der Waals surface area contributed by atoms with Crippen LogP contribution in [0.25, 0.3) is 0 Å². The third kappa shape index (κ3) is 16.7. The maximum absolute atomic E-state index is 6.89. The molecule has 0 N–H and O–H groups in total. The van der Waals surface area contributed by atoms with Crippen molar-refractivity contribution in [3.8, 4) is 0 Å². The monoisotopic (exact) mass is 504 g/mol. The molecule has 0 amide bonds. The van der Waals surface area contributed by atoms with E-state index in [1.54, 1.807) is 0 Å². The summed E-state index contributed by atoms with van der Waals surface area (Å²) in [6.45, 7) is 15.9. The molecule has 0 radical (unpaired) electrons. The summed E-state index contributed by atoms with van der Waals surface area (Å²) in [5, 5.41) is 0.302. The maximum Gasteiger partial charge on any atom is 0.192 e. The smallest absolute Gasteiger partial charge is 0.192 e. The number of hydrogen-bond acceptors (Lipinski definition) is 2. The van der Waals surface area contributed by atoms with Crippen LogP contribution >= 0.6 is 0 Å². The Labute approximate surface area is 221 Å². The molecular formula is C32H60O2Si. The Morgan fingerprint density at radius 2 is 1.17 bits per heavy atom. The van der Waals surface area contributed by atoms with E-state index in [0.717, 1.165) is 13.2 Å². The second-order valence-corrected chi connectivity index (χ2v) is 17.0. The topological polar surface area (TPSA) is 18.5 Å². The first-order valence-corrected chi connectivity index (χ1v) is 18.0. The van der Waals surface area contributed by atoms with Crippen molar-refractivity contribution in [3.63, 3.8) is 0 Å².